The Morgan fingerprint density at radius 1 is 0.818 bits per heavy atom. The Labute approximate surface area is 135 Å². The van der Waals surface area contributed by atoms with Gasteiger partial charge in [-0.15, -0.1) is 0 Å². The monoisotopic (exact) mass is 292 g/mol. The molecule has 0 N–H and O–H groups in total. The van der Waals surface area contributed by atoms with Crippen LogP contribution in [0.25, 0.3) is 0 Å². The molecule has 0 amide bonds. The standard InChI is InChI=1S/C22H28/c1-16(2)18-11-7-9-13-20(18)22(5)14-17-10-6-8-12-19(17)21(3,4)15-22/h6-13,16H,14-15H2,1-5H3. The third kappa shape index (κ3) is 2.49. The molecule has 1 aliphatic rings. The summed E-state index contributed by atoms with van der Waals surface area (Å²) in [6.45, 7) is 11.9. The zero-order valence-corrected chi connectivity index (χ0v) is 14.6. The molecule has 0 heteroatoms. The summed E-state index contributed by atoms with van der Waals surface area (Å²) in [5.41, 5.74) is 6.58. The Morgan fingerprint density at radius 2 is 1.41 bits per heavy atom. The zero-order valence-electron chi connectivity index (χ0n) is 14.6. The van der Waals surface area contributed by atoms with Crippen LogP contribution >= 0.6 is 0 Å². The molecule has 0 bridgehead atoms. The van der Waals surface area contributed by atoms with Crippen molar-refractivity contribution in [3.05, 3.63) is 70.8 Å². The highest BCUT2D eigenvalue weighted by Crippen LogP contribution is 2.48. The average Bonchev–Trinajstić information content (AvgIpc) is 2.46. The summed E-state index contributed by atoms with van der Waals surface area (Å²) >= 11 is 0. The molecule has 0 aromatic heterocycles. The van der Waals surface area contributed by atoms with Crippen LogP contribution in [-0.2, 0) is 17.3 Å². The topological polar surface area (TPSA) is 0 Å². The van der Waals surface area contributed by atoms with E-state index in [1.165, 1.54) is 23.1 Å². The third-order valence-electron chi connectivity index (χ3n) is 5.39. The third-order valence-corrected chi connectivity index (χ3v) is 5.39. The number of rotatable bonds is 2. The van der Waals surface area contributed by atoms with Gasteiger partial charge in [-0.25, -0.2) is 0 Å². The molecule has 2 aromatic carbocycles. The molecule has 0 aliphatic heterocycles. The molecule has 0 nitrogen and oxygen atoms in total. The summed E-state index contributed by atoms with van der Waals surface area (Å²) in [5, 5.41) is 0. The Morgan fingerprint density at radius 3 is 2.09 bits per heavy atom. The molecule has 0 radical (unpaired) electrons. The van der Waals surface area contributed by atoms with E-state index < -0.39 is 0 Å². The van der Waals surface area contributed by atoms with Crippen LogP contribution < -0.4 is 0 Å². The molecular formula is C22H28. The van der Waals surface area contributed by atoms with Crippen molar-refractivity contribution >= 4 is 0 Å². The summed E-state index contributed by atoms with van der Waals surface area (Å²) in [6, 6.07) is 18.1. The van der Waals surface area contributed by atoms with Gasteiger partial charge in [-0.05, 0) is 51.8 Å². The van der Waals surface area contributed by atoms with Crippen molar-refractivity contribution in [1.29, 1.82) is 0 Å². The van der Waals surface area contributed by atoms with Gasteiger partial charge in [0.05, 0.1) is 0 Å². The molecule has 2 aromatic rings. The summed E-state index contributed by atoms with van der Waals surface area (Å²) < 4.78 is 0. The average molecular weight is 292 g/mol. The zero-order chi connectivity index (χ0) is 16.0. The lowest BCUT2D eigenvalue weighted by molar-refractivity contribution is 0.294. The van der Waals surface area contributed by atoms with Gasteiger partial charge in [-0.2, -0.15) is 0 Å². The first kappa shape index (κ1) is 15.3. The molecule has 116 valence electrons. The van der Waals surface area contributed by atoms with Crippen molar-refractivity contribution < 1.29 is 0 Å². The largest absolute Gasteiger partial charge is 0.0620 e. The van der Waals surface area contributed by atoms with Crippen LogP contribution in [0.4, 0.5) is 0 Å². The van der Waals surface area contributed by atoms with E-state index in [1.807, 2.05) is 0 Å². The van der Waals surface area contributed by atoms with E-state index in [0.29, 0.717) is 5.92 Å². The predicted molar refractivity (Wildman–Crippen MR) is 95.7 cm³/mol. The van der Waals surface area contributed by atoms with Crippen LogP contribution in [0.2, 0.25) is 0 Å². The fourth-order valence-electron chi connectivity index (χ4n) is 4.63. The molecule has 0 saturated heterocycles. The maximum Gasteiger partial charge on any atom is -0.00237 e. The number of hydrogen-bond acceptors (Lipinski definition) is 0. The Hall–Kier alpha value is -1.56. The molecule has 1 aliphatic carbocycles. The molecule has 0 heterocycles. The van der Waals surface area contributed by atoms with E-state index in [9.17, 15) is 0 Å². The van der Waals surface area contributed by atoms with Crippen molar-refractivity contribution in [2.24, 2.45) is 0 Å². The number of benzene rings is 2. The van der Waals surface area contributed by atoms with Crippen LogP contribution in [-0.4, -0.2) is 0 Å². The Kier molecular flexibility index (Phi) is 3.67. The van der Waals surface area contributed by atoms with Crippen molar-refractivity contribution in [1.82, 2.24) is 0 Å². The lowest BCUT2D eigenvalue weighted by Crippen LogP contribution is -2.40. The van der Waals surface area contributed by atoms with Crippen molar-refractivity contribution in [2.75, 3.05) is 0 Å². The molecule has 3 rings (SSSR count). The second-order valence-corrected chi connectivity index (χ2v) is 8.20. The van der Waals surface area contributed by atoms with Gasteiger partial charge in [0.1, 0.15) is 0 Å². The summed E-state index contributed by atoms with van der Waals surface area (Å²) in [5.74, 6) is 0.577. The normalized spacial score (nSPS) is 23.4. The van der Waals surface area contributed by atoms with E-state index in [-0.39, 0.29) is 10.8 Å². The quantitative estimate of drug-likeness (QED) is 0.637. The van der Waals surface area contributed by atoms with Gasteiger partial charge >= 0.3 is 0 Å². The molecule has 0 spiro atoms. The number of hydrogen-bond donors (Lipinski definition) is 0. The van der Waals surface area contributed by atoms with E-state index in [0.717, 1.165) is 6.42 Å². The summed E-state index contributed by atoms with van der Waals surface area (Å²) in [6.07, 6.45) is 2.36. The highest BCUT2D eigenvalue weighted by molar-refractivity contribution is 5.45. The Balaban J connectivity index is 2.13. The molecule has 1 unspecified atom stereocenters. The van der Waals surface area contributed by atoms with Crippen LogP contribution in [0.1, 0.15) is 69.2 Å². The minimum Gasteiger partial charge on any atom is -0.0620 e. The summed E-state index contributed by atoms with van der Waals surface area (Å²) in [7, 11) is 0. The maximum atomic E-state index is 2.46. The SMILES string of the molecule is CC(C)c1ccccc1C1(C)Cc2ccccc2C(C)(C)C1. The maximum absolute atomic E-state index is 2.46. The van der Waals surface area contributed by atoms with Gasteiger partial charge in [0.2, 0.25) is 0 Å². The Bertz CT molecular complexity index is 678. The van der Waals surface area contributed by atoms with Gasteiger partial charge in [0.25, 0.3) is 0 Å². The van der Waals surface area contributed by atoms with Gasteiger partial charge in [-0.3, -0.25) is 0 Å². The predicted octanol–water partition coefficient (Wildman–Crippen LogP) is 5.99. The summed E-state index contributed by atoms with van der Waals surface area (Å²) in [4.78, 5) is 0. The van der Waals surface area contributed by atoms with Gasteiger partial charge in [-0.1, -0.05) is 83.1 Å². The lowest BCUT2D eigenvalue weighted by atomic mass is 9.58. The smallest absolute Gasteiger partial charge is 0.00237 e. The van der Waals surface area contributed by atoms with Crippen molar-refractivity contribution in [3.8, 4) is 0 Å². The van der Waals surface area contributed by atoms with Gasteiger partial charge in [0.15, 0.2) is 0 Å². The van der Waals surface area contributed by atoms with Crippen LogP contribution in [0, 0.1) is 0 Å². The van der Waals surface area contributed by atoms with Crippen LogP contribution in [0.5, 0.6) is 0 Å². The number of fused-ring (bicyclic) bond motifs is 1. The second-order valence-electron chi connectivity index (χ2n) is 8.20. The van der Waals surface area contributed by atoms with Gasteiger partial charge < -0.3 is 0 Å². The first-order valence-electron chi connectivity index (χ1n) is 8.51. The molecule has 0 saturated carbocycles. The fourth-order valence-corrected chi connectivity index (χ4v) is 4.63. The van der Waals surface area contributed by atoms with Crippen LogP contribution in [0.15, 0.2) is 48.5 Å². The highest BCUT2D eigenvalue weighted by atomic mass is 14.5. The van der Waals surface area contributed by atoms with Gasteiger partial charge in [0, 0.05) is 0 Å². The minimum absolute atomic E-state index is 0.221. The highest BCUT2D eigenvalue weighted by Gasteiger charge is 2.41. The minimum atomic E-state index is 0.221. The van der Waals surface area contributed by atoms with E-state index in [4.69, 9.17) is 0 Å². The van der Waals surface area contributed by atoms with E-state index >= 15 is 0 Å². The van der Waals surface area contributed by atoms with Crippen molar-refractivity contribution in [3.63, 3.8) is 0 Å². The van der Waals surface area contributed by atoms with Crippen molar-refractivity contribution in [2.45, 2.75) is 64.2 Å². The molecule has 1 atom stereocenters. The first-order valence-corrected chi connectivity index (χ1v) is 8.51. The lowest BCUT2D eigenvalue weighted by Gasteiger charge is -2.45. The van der Waals surface area contributed by atoms with Crippen LogP contribution in [0.3, 0.4) is 0 Å². The molecular weight excluding hydrogens is 264 g/mol. The fraction of sp³-hybridized carbons (Fsp3) is 0.455. The first-order chi connectivity index (χ1) is 10.3. The van der Waals surface area contributed by atoms with E-state index in [2.05, 4.69) is 83.1 Å². The second kappa shape index (κ2) is 5.26. The molecule has 22 heavy (non-hydrogen) atoms. The molecule has 0 fully saturated rings. The van der Waals surface area contributed by atoms with E-state index in [1.54, 1.807) is 5.56 Å².